The summed E-state index contributed by atoms with van der Waals surface area (Å²) in [7, 11) is -3.93. The Morgan fingerprint density at radius 1 is 1.48 bits per heavy atom. The number of H-pyrrole nitrogens is 1. The van der Waals surface area contributed by atoms with E-state index in [1.807, 2.05) is 0 Å². The molecule has 0 aliphatic heterocycles. The molecule has 0 unspecified atom stereocenters. The zero-order chi connectivity index (χ0) is 15.6. The Morgan fingerprint density at radius 3 is 2.76 bits per heavy atom. The second kappa shape index (κ2) is 5.80. The molecular formula is C11H11ClN4O4S. The molecule has 0 atom stereocenters. The molecule has 1 aromatic heterocycles. The van der Waals surface area contributed by atoms with E-state index in [-0.39, 0.29) is 27.6 Å². The molecular weight excluding hydrogens is 320 g/mol. The molecule has 0 saturated heterocycles. The van der Waals surface area contributed by atoms with Crippen LogP contribution in [0.1, 0.15) is 21.7 Å². The molecule has 0 fully saturated rings. The Balaban J connectivity index is 2.37. The predicted molar refractivity (Wildman–Crippen MR) is 73.6 cm³/mol. The highest BCUT2D eigenvalue weighted by atomic mass is 35.5. The molecule has 112 valence electrons. The normalized spacial score (nSPS) is 11.5. The van der Waals surface area contributed by atoms with Crippen LogP contribution in [0.25, 0.3) is 0 Å². The third kappa shape index (κ3) is 3.38. The minimum absolute atomic E-state index is 0.0260. The van der Waals surface area contributed by atoms with Gasteiger partial charge in [0.1, 0.15) is 12.2 Å². The number of nitrogens with zero attached hydrogens (tertiary/aromatic N) is 2. The van der Waals surface area contributed by atoms with Gasteiger partial charge in [-0.3, -0.25) is 5.10 Å². The topological polar surface area (TPSA) is 125 Å². The molecule has 0 radical (unpaired) electrons. The van der Waals surface area contributed by atoms with E-state index < -0.39 is 16.0 Å². The van der Waals surface area contributed by atoms with Crippen LogP contribution in [0.4, 0.5) is 0 Å². The zero-order valence-electron chi connectivity index (χ0n) is 10.8. The maximum atomic E-state index is 12.3. The van der Waals surface area contributed by atoms with Gasteiger partial charge in [0.05, 0.1) is 17.0 Å². The van der Waals surface area contributed by atoms with Crippen LogP contribution in [0.3, 0.4) is 0 Å². The maximum Gasteiger partial charge on any atom is 0.336 e. The van der Waals surface area contributed by atoms with Gasteiger partial charge in [0, 0.05) is 5.02 Å². The largest absolute Gasteiger partial charge is 0.478 e. The van der Waals surface area contributed by atoms with Gasteiger partial charge in [0.15, 0.2) is 0 Å². The monoisotopic (exact) mass is 330 g/mol. The second-order valence-electron chi connectivity index (χ2n) is 4.14. The highest BCUT2D eigenvalue weighted by Crippen LogP contribution is 2.24. The number of rotatable bonds is 5. The van der Waals surface area contributed by atoms with E-state index in [0.717, 1.165) is 0 Å². The number of hydrogen-bond acceptors (Lipinski definition) is 5. The first-order chi connectivity index (χ1) is 9.81. The standard InChI is InChI=1S/C11H11ClN4O4S/c1-6-8(11(17)18)2-7(12)3-9(6)21(19,20)15-4-10-13-5-14-16-10/h2-3,5,15H,4H2,1H3,(H,17,18)(H,13,14,16). The van der Waals surface area contributed by atoms with E-state index in [4.69, 9.17) is 16.7 Å². The Bertz CT molecular complexity index is 774. The number of nitrogens with one attached hydrogen (secondary N) is 2. The van der Waals surface area contributed by atoms with Gasteiger partial charge in [-0.25, -0.2) is 22.9 Å². The van der Waals surface area contributed by atoms with Crippen molar-refractivity contribution in [2.45, 2.75) is 18.4 Å². The van der Waals surface area contributed by atoms with Crippen molar-refractivity contribution in [3.05, 3.63) is 40.4 Å². The molecule has 1 aromatic carbocycles. The minimum Gasteiger partial charge on any atom is -0.478 e. The molecule has 0 spiro atoms. The molecule has 0 aliphatic rings. The number of carbonyl (C=O) groups is 1. The van der Waals surface area contributed by atoms with Gasteiger partial charge in [0.2, 0.25) is 10.0 Å². The highest BCUT2D eigenvalue weighted by Gasteiger charge is 2.22. The third-order valence-electron chi connectivity index (χ3n) is 2.74. The molecule has 0 saturated carbocycles. The molecule has 8 nitrogen and oxygen atoms in total. The molecule has 21 heavy (non-hydrogen) atoms. The average molecular weight is 331 g/mol. The number of sulfonamides is 1. The summed E-state index contributed by atoms with van der Waals surface area (Å²) in [5, 5.41) is 15.2. The summed E-state index contributed by atoms with van der Waals surface area (Å²) in [6, 6.07) is 2.40. The Kier molecular flexibility index (Phi) is 4.26. The lowest BCUT2D eigenvalue weighted by atomic mass is 10.1. The molecule has 10 heteroatoms. The van der Waals surface area contributed by atoms with Crippen LogP contribution < -0.4 is 4.72 Å². The summed E-state index contributed by atoms with van der Waals surface area (Å²) in [4.78, 5) is 14.7. The first kappa shape index (κ1) is 15.4. The Morgan fingerprint density at radius 2 is 2.19 bits per heavy atom. The van der Waals surface area contributed by atoms with Gasteiger partial charge in [-0.05, 0) is 24.6 Å². The van der Waals surface area contributed by atoms with E-state index in [1.54, 1.807) is 0 Å². The summed E-state index contributed by atoms with van der Waals surface area (Å²) in [6.45, 7) is 1.31. The fraction of sp³-hybridized carbons (Fsp3) is 0.182. The summed E-state index contributed by atoms with van der Waals surface area (Å²) in [5.41, 5.74) is -0.0560. The van der Waals surface area contributed by atoms with Gasteiger partial charge in [-0.15, -0.1) is 0 Å². The molecule has 3 N–H and O–H groups in total. The van der Waals surface area contributed by atoms with Crippen LogP contribution in [0.2, 0.25) is 5.02 Å². The molecule has 0 bridgehead atoms. The maximum absolute atomic E-state index is 12.3. The summed E-state index contributed by atoms with van der Waals surface area (Å²) in [5.74, 6) is -0.918. The number of aromatic nitrogens is 3. The zero-order valence-corrected chi connectivity index (χ0v) is 12.4. The van der Waals surface area contributed by atoms with Gasteiger partial charge < -0.3 is 5.11 Å². The van der Waals surface area contributed by atoms with E-state index in [9.17, 15) is 13.2 Å². The van der Waals surface area contributed by atoms with Crippen molar-refractivity contribution in [1.82, 2.24) is 19.9 Å². The van der Waals surface area contributed by atoms with Gasteiger partial charge in [-0.1, -0.05) is 11.6 Å². The lowest BCUT2D eigenvalue weighted by Gasteiger charge is -2.11. The minimum atomic E-state index is -3.93. The number of benzene rings is 1. The van der Waals surface area contributed by atoms with Crippen molar-refractivity contribution in [3.63, 3.8) is 0 Å². The molecule has 0 aliphatic carbocycles. The van der Waals surface area contributed by atoms with E-state index in [0.29, 0.717) is 5.82 Å². The second-order valence-corrected chi connectivity index (χ2v) is 6.31. The predicted octanol–water partition coefficient (Wildman–Crippen LogP) is 0.943. The number of aromatic carboxylic acids is 1. The number of halogens is 1. The number of hydrogen-bond donors (Lipinski definition) is 3. The van der Waals surface area contributed by atoms with Crippen LogP contribution in [-0.2, 0) is 16.6 Å². The third-order valence-corrected chi connectivity index (χ3v) is 4.48. The molecule has 0 amide bonds. The van der Waals surface area contributed by atoms with Crippen LogP contribution in [-0.4, -0.2) is 34.7 Å². The fourth-order valence-corrected chi connectivity index (χ4v) is 3.27. The van der Waals surface area contributed by atoms with E-state index >= 15 is 0 Å². The SMILES string of the molecule is Cc1c(C(=O)O)cc(Cl)cc1S(=O)(=O)NCc1ncn[nH]1. The number of carboxylic acids is 1. The number of aromatic amines is 1. The Hall–Kier alpha value is -1.97. The van der Waals surface area contributed by atoms with Crippen molar-refractivity contribution in [2.75, 3.05) is 0 Å². The smallest absolute Gasteiger partial charge is 0.336 e. The van der Waals surface area contributed by atoms with Gasteiger partial charge in [-0.2, -0.15) is 5.10 Å². The van der Waals surface area contributed by atoms with Crippen LogP contribution >= 0.6 is 11.6 Å². The van der Waals surface area contributed by atoms with Crippen LogP contribution in [0, 0.1) is 6.92 Å². The van der Waals surface area contributed by atoms with Gasteiger partial charge >= 0.3 is 5.97 Å². The first-order valence-corrected chi connectivity index (χ1v) is 7.54. The molecule has 1 heterocycles. The summed E-state index contributed by atoms with van der Waals surface area (Å²) in [6.07, 6.45) is 1.25. The molecule has 2 aromatic rings. The first-order valence-electron chi connectivity index (χ1n) is 5.68. The Labute approximate surface area is 125 Å². The average Bonchev–Trinajstić information content (AvgIpc) is 2.91. The fourth-order valence-electron chi connectivity index (χ4n) is 1.71. The van der Waals surface area contributed by atoms with Crippen molar-refractivity contribution in [1.29, 1.82) is 0 Å². The number of carboxylic acid groups (broad SMARTS) is 1. The van der Waals surface area contributed by atoms with Crippen molar-refractivity contribution in [3.8, 4) is 0 Å². The van der Waals surface area contributed by atoms with Gasteiger partial charge in [0.25, 0.3) is 0 Å². The summed E-state index contributed by atoms with van der Waals surface area (Å²) < 4.78 is 26.8. The van der Waals surface area contributed by atoms with Crippen LogP contribution in [0.15, 0.2) is 23.4 Å². The quantitative estimate of drug-likeness (QED) is 0.749. The summed E-state index contributed by atoms with van der Waals surface area (Å²) >= 11 is 5.79. The van der Waals surface area contributed by atoms with Crippen molar-refractivity contribution < 1.29 is 18.3 Å². The van der Waals surface area contributed by atoms with Crippen LogP contribution in [0.5, 0.6) is 0 Å². The van der Waals surface area contributed by atoms with Crippen molar-refractivity contribution in [2.24, 2.45) is 0 Å². The van der Waals surface area contributed by atoms with E-state index in [2.05, 4.69) is 19.9 Å². The lowest BCUT2D eigenvalue weighted by molar-refractivity contribution is 0.0696. The van der Waals surface area contributed by atoms with E-state index in [1.165, 1.54) is 25.4 Å². The highest BCUT2D eigenvalue weighted by molar-refractivity contribution is 7.89. The lowest BCUT2D eigenvalue weighted by Crippen LogP contribution is -2.25. The van der Waals surface area contributed by atoms with Crippen molar-refractivity contribution >= 4 is 27.6 Å². The molecule has 2 rings (SSSR count).